The van der Waals surface area contributed by atoms with Gasteiger partial charge in [-0.05, 0) is 11.5 Å². The highest BCUT2D eigenvalue weighted by molar-refractivity contribution is 5.39. The van der Waals surface area contributed by atoms with Crippen molar-refractivity contribution in [3.05, 3.63) is 59.5 Å². The number of hydrogen-bond donors (Lipinski definition) is 0. The summed E-state index contributed by atoms with van der Waals surface area (Å²) in [7, 11) is 0. The van der Waals surface area contributed by atoms with E-state index in [-0.39, 0.29) is 0 Å². The maximum Gasteiger partial charge on any atom is 0.460 e. The van der Waals surface area contributed by atoms with Gasteiger partial charge in [0.25, 0.3) is 0 Å². The molecule has 0 saturated heterocycles. The Labute approximate surface area is 190 Å². The first-order valence-corrected chi connectivity index (χ1v) is 8.53. The van der Waals surface area contributed by atoms with E-state index < -0.39 is 90.9 Å². The zero-order valence-electron chi connectivity index (χ0n) is 16.9. The summed E-state index contributed by atoms with van der Waals surface area (Å²) in [5.74, 6) is -41.9. The smallest absolute Gasteiger partial charge is 0.335 e. The molecule has 1 atom stereocenters. The van der Waals surface area contributed by atoms with E-state index in [9.17, 15) is 65.9 Å². The SMILES string of the molecule is C=COOOCCCOC(F)(/C(F)=C(F)/C(F)=C(F)/C(F)=C(F)/C(F)=C(\F)CF)C(F)(F)C(F)(F)F. The van der Waals surface area contributed by atoms with Gasteiger partial charge in [-0.2, -0.15) is 31.2 Å². The van der Waals surface area contributed by atoms with Crippen LogP contribution in [0.4, 0.5) is 65.9 Å². The summed E-state index contributed by atoms with van der Waals surface area (Å²) < 4.78 is 202. The Morgan fingerprint density at radius 1 is 0.694 bits per heavy atom. The highest BCUT2D eigenvalue weighted by atomic mass is 19.4. The molecule has 0 radical (unpaired) electrons. The van der Waals surface area contributed by atoms with Crippen LogP contribution >= 0.6 is 0 Å². The van der Waals surface area contributed by atoms with Gasteiger partial charge in [0.05, 0.1) is 13.2 Å². The van der Waals surface area contributed by atoms with Gasteiger partial charge in [-0.15, -0.1) is 0 Å². The molecule has 0 amide bonds. The Hall–Kier alpha value is -2.67. The minimum absolute atomic E-state index is 0.628. The molecule has 0 aromatic rings. The summed E-state index contributed by atoms with van der Waals surface area (Å²) in [4.78, 5) is 7.94. The lowest BCUT2D eigenvalue weighted by Gasteiger charge is -2.33. The van der Waals surface area contributed by atoms with Gasteiger partial charge < -0.3 is 9.62 Å². The van der Waals surface area contributed by atoms with E-state index in [0.29, 0.717) is 6.26 Å². The first kappa shape index (κ1) is 33.3. The third kappa shape index (κ3) is 7.66. The Bertz CT molecular complexity index is 906. The number of halogens is 15. The topological polar surface area (TPSA) is 36.9 Å². The molecule has 0 aliphatic rings. The van der Waals surface area contributed by atoms with Gasteiger partial charge in [-0.1, -0.05) is 6.58 Å². The van der Waals surface area contributed by atoms with E-state index in [2.05, 4.69) is 26.1 Å². The van der Waals surface area contributed by atoms with Crippen LogP contribution in [0.2, 0.25) is 0 Å². The van der Waals surface area contributed by atoms with Gasteiger partial charge in [0, 0.05) is 0 Å². The predicted octanol–water partition coefficient (Wildman–Crippen LogP) is 7.85. The van der Waals surface area contributed by atoms with Crippen molar-refractivity contribution in [2.24, 2.45) is 0 Å². The minimum atomic E-state index is -7.08. The third-order valence-electron chi connectivity index (χ3n) is 3.38. The first-order valence-electron chi connectivity index (χ1n) is 8.53. The Kier molecular flexibility index (Phi) is 12.6. The van der Waals surface area contributed by atoms with Crippen molar-refractivity contribution >= 4 is 0 Å². The highest BCUT2D eigenvalue weighted by Gasteiger charge is 2.75. The van der Waals surface area contributed by atoms with Crippen LogP contribution in [0.5, 0.6) is 0 Å². The second-order valence-corrected chi connectivity index (χ2v) is 5.76. The Morgan fingerprint density at radius 2 is 1.17 bits per heavy atom. The fraction of sp³-hybridized carbons (Fsp3) is 0.412. The van der Waals surface area contributed by atoms with Crippen LogP contribution in [0.15, 0.2) is 59.5 Å². The summed E-state index contributed by atoms with van der Waals surface area (Å²) in [5, 5.41) is 3.78. The number of rotatable bonds is 14. The molecule has 0 saturated carbocycles. The largest absolute Gasteiger partial charge is 0.460 e. The number of allylic oxidation sites excluding steroid dienone is 7. The van der Waals surface area contributed by atoms with E-state index in [1.165, 1.54) is 0 Å². The summed E-state index contributed by atoms with van der Waals surface area (Å²) in [6, 6.07) is 0. The van der Waals surface area contributed by atoms with Gasteiger partial charge in [0.15, 0.2) is 23.3 Å². The third-order valence-corrected chi connectivity index (χ3v) is 3.38. The average molecular weight is 564 g/mol. The molecular formula is C17H11F15O4. The molecular weight excluding hydrogens is 553 g/mol. The van der Waals surface area contributed by atoms with Crippen molar-refractivity contribution < 1.29 is 85.4 Å². The van der Waals surface area contributed by atoms with Crippen LogP contribution in [-0.4, -0.2) is 37.8 Å². The van der Waals surface area contributed by atoms with E-state index in [4.69, 9.17) is 0 Å². The molecule has 19 heteroatoms. The molecule has 36 heavy (non-hydrogen) atoms. The number of hydrogen-bond acceptors (Lipinski definition) is 4. The van der Waals surface area contributed by atoms with E-state index in [1.807, 2.05) is 0 Å². The van der Waals surface area contributed by atoms with Crippen molar-refractivity contribution in [2.75, 3.05) is 19.9 Å². The molecule has 0 aromatic carbocycles. The van der Waals surface area contributed by atoms with Gasteiger partial charge in [-0.3, -0.25) is 0 Å². The van der Waals surface area contributed by atoms with Crippen LogP contribution in [0.25, 0.3) is 0 Å². The van der Waals surface area contributed by atoms with Crippen molar-refractivity contribution in [3.8, 4) is 0 Å². The van der Waals surface area contributed by atoms with Crippen LogP contribution in [0.1, 0.15) is 6.42 Å². The van der Waals surface area contributed by atoms with Gasteiger partial charge in [-0.25, -0.2) is 39.5 Å². The second-order valence-electron chi connectivity index (χ2n) is 5.76. The zero-order chi connectivity index (χ0) is 28.5. The van der Waals surface area contributed by atoms with E-state index >= 15 is 0 Å². The molecule has 0 N–H and O–H groups in total. The van der Waals surface area contributed by atoms with Crippen LogP contribution < -0.4 is 0 Å². The van der Waals surface area contributed by atoms with Crippen molar-refractivity contribution in [2.45, 2.75) is 24.4 Å². The van der Waals surface area contributed by atoms with Gasteiger partial charge in [0.1, 0.15) is 12.9 Å². The summed E-state index contributed by atoms with van der Waals surface area (Å²) >= 11 is 0. The van der Waals surface area contributed by atoms with Crippen molar-refractivity contribution in [3.63, 3.8) is 0 Å². The highest BCUT2D eigenvalue weighted by Crippen LogP contribution is 2.51. The minimum Gasteiger partial charge on any atom is -0.335 e. The lowest BCUT2D eigenvalue weighted by molar-refractivity contribution is -0.490. The molecule has 0 aromatic heterocycles. The molecule has 4 nitrogen and oxygen atoms in total. The molecule has 0 aliphatic heterocycles. The quantitative estimate of drug-likeness (QED) is 0.0538. The maximum absolute atomic E-state index is 14.5. The zero-order valence-corrected chi connectivity index (χ0v) is 16.9. The van der Waals surface area contributed by atoms with E-state index in [1.54, 1.807) is 0 Å². The molecule has 0 rings (SSSR count). The molecule has 1 unspecified atom stereocenters. The molecule has 208 valence electrons. The molecule has 0 spiro atoms. The van der Waals surface area contributed by atoms with Crippen LogP contribution in [-0.2, 0) is 19.6 Å². The summed E-state index contributed by atoms with van der Waals surface area (Å²) in [6.45, 7) is -2.07. The van der Waals surface area contributed by atoms with Crippen LogP contribution in [0.3, 0.4) is 0 Å². The molecule has 0 aliphatic carbocycles. The standard InChI is InChI=1S/C17H11F15O4/c1-2-34-36-35-5-3-4-33-15(27,16(28,29)17(30,31)32)14(26)13(25)12(24)11(23)10(22)9(21)8(20)7(19)6-18/h2H,1,3-6H2/b8-7+,10-9+,12-11+,14-13+. The second kappa shape index (κ2) is 13.6. The normalized spacial score (nSPS) is 17.4. The lowest BCUT2D eigenvalue weighted by Crippen LogP contribution is -2.56. The maximum atomic E-state index is 14.5. The lowest BCUT2D eigenvalue weighted by atomic mass is 10.1. The summed E-state index contributed by atoms with van der Waals surface area (Å²) in [6.07, 6.45) is -7.39. The van der Waals surface area contributed by atoms with E-state index in [0.717, 1.165) is 0 Å². The molecule has 0 heterocycles. The fourth-order valence-electron chi connectivity index (χ4n) is 1.70. The Balaban J connectivity index is 6.47. The number of alkyl halides is 7. The van der Waals surface area contributed by atoms with Crippen LogP contribution in [0, 0.1) is 0 Å². The van der Waals surface area contributed by atoms with Crippen molar-refractivity contribution in [1.29, 1.82) is 0 Å². The summed E-state index contributed by atoms with van der Waals surface area (Å²) in [5.41, 5.74) is 0. The Morgan fingerprint density at radius 3 is 1.61 bits per heavy atom. The van der Waals surface area contributed by atoms with Crippen molar-refractivity contribution in [1.82, 2.24) is 0 Å². The fourth-order valence-corrected chi connectivity index (χ4v) is 1.70. The molecule has 0 fully saturated rings. The predicted molar refractivity (Wildman–Crippen MR) is 86.7 cm³/mol. The number of ether oxygens (including phenoxy) is 1. The van der Waals surface area contributed by atoms with Gasteiger partial charge >= 0.3 is 18.0 Å². The average Bonchev–Trinajstić information content (AvgIpc) is 2.83. The molecule has 0 bridgehead atoms. The van der Waals surface area contributed by atoms with Gasteiger partial charge in [0.2, 0.25) is 23.3 Å². The monoisotopic (exact) mass is 564 g/mol. The first-order chi connectivity index (χ1) is 16.4.